The molecule has 0 aliphatic carbocycles. The van der Waals surface area contributed by atoms with Crippen molar-refractivity contribution in [2.24, 2.45) is 0 Å². The summed E-state index contributed by atoms with van der Waals surface area (Å²) in [6.07, 6.45) is 3.60. The molecule has 0 saturated carbocycles. The van der Waals surface area contributed by atoms with Crippen molar-refractivity contribution in [2.45, 2.75) is 44.7 Å². The number of rotatable bonds is 8. The van der Waals surface area contributed by atoms with E-state index >= 15 is 0 Å². The number of nitrogens with one attached hydrogen (secondary N) is 1. The van der Waals surface area contributed by atoms with Crippen molar-refractivity contribution < 1.29 is 8.42 Å². The van der Waals surface area contributed by atoms with E-state index in [0.717, 1.165) is 25.1 Å². The van der Waals surface area contributed by atoms with Crippen LogP contribution in [-0.4, -0.2) is 37.9 Å². The first kappa shape index (κ1) is 16.2. The van der Waals surface area contributed by atoms with Crippen molar-refractivity contribution in [3.05, 3.63) is 18.0 Å². The van der Waals surface area contributed by atoms with Crippen LogP contribution >= 0.6 is 0 Å². The molecule has 0 aliphatic heterocycles. The van der Waals surface area contributed by atoms with Crippen LogP contribution in [0.15, 0.2) is 17.2 Å². The Morgan fingerprint density at radius 3 is 2.58 bits per heavy atom. The van der Waals surface area contributed by atoms with Gasteiger partial charge in [-0.15, -0.1) is 0 Å². The van der Waals surface area contributed by atoms with Crippen molar-refractivity contribution in [2.75, 3.05) is 20.6 Å². The highest BCUT2D eigenvalue weighted by Gasteiger charge is 2.22. The topological polar surface area (TPSA) is 54.3 Å². The third-order valence-corrected chi connectivity index (χ3v) is 5.02. The molecule has 0 radical (unpaired) electrons. The summed E-state index contributed by atoms with van der Waals surface area (Å²) in [5.74, 6) is 0. The van der Waals surface area contributed by atoms with E-state index in [-0.39, 0.29) is 0 Å². The molecular formula is C13H25N3O2S. The molecule has 0 atom stereocenters. The summed E-state index contributed by atoms with van der Waals surface area (Å²) in [6, 6.07) is 1.76. The minimum atomic E-state index is -3.36. The Morgan fingerprint density at radius 2 is 2.05 bits per heavy atom. The molecule has 0 unspecified atom stereocenters. The maximum absolute atomic E-state index is 12.4. The first-order chi connectivity index (χ1) is 8.97. The van der Waals surface area contributed by atoms with Crippen molar-refractivity contribution in [3.63, 3.8) is 0 Å². The molecule has 1 N–H and O–H groups in total. The zero-order valence-corrected chi connectivity index (χ0v) is 13.1. The van der Waals surface area contributed by atoms with Crippen LogP contribution in [0.5, 0.6) is 0 Å². The molecule has 0 bridgehead atoms. The van der Waals surface area contributed by atoms with Gasteiger partial charge in [0, 0.05) is 38.6 Å². The second-order valence-electron chi connectivity index (χ2n) is 4.66. The second kappa shape index (κ2) is 7.07. The van der Waals surface area contributed by atoms with Crippen LogP contribution in [0.25, 0.3) is 0 Å². The molecule has 0 spiro atoms. The molecule has 1 heterocycles. The number of nitrogens with zero attached hydrogens (tertiary/aromatic N) is 2. The van der Waals surface area contributed by atoms with E-state index in [1.165, 1.54) is 4.31 Å². The van der Waals surface area contributed by atoms with Gasteiger partial charge in [0.05, 0.1) is 0 Å². The fourth-order valence-electron chi connectivity index (χ4n) is 1.97. The van der Waals surface area contributed by atoms with Crippen LogP contribution in [0.3, 0.4) is 0 Å². The van der Waals surface area contributed by atoms with Gasteiger partial charge in [0.15, 0.2) is 0 Å². The fourth-order valence-corrected chi connectivity index (χ4v) is 3.25. The molecule has 0 aliphatic rings. The van der Waals surface area contributed by atoms with Crippen molar-refractivity contribution >= 4 is 10.0 Å². The van der Waals surface area contributed by atoms with Gasteiger partial charge in [0.2, 0.25) is 10.0 Å². The molecule has 6 heteroatoms. The minimum absolute atomic E-state index is 0.387. The number of hydrogen-bond acceptors (Lipinski definition) is 3. The lowest BCUT2D eigenvalue weighted by atomic mass is 10.3. The summed E-state index contributed by atoms with van der Waals surface area (Å²) in [5.41, 5.74) is 0.993. The average Bonchev–Trinajstić information content (AvgIpc) is 2.80. The highest BCUT2D eigenvalue weighted by molar-refractivity contribution is 7.89. The summed E-state index contributed by atoms with van der Waals surface area (Å²) in [5, 5.41) is 3.06. The Balaban J connectivity index is 3.01. The number of aryl methyl sites for hydroxylation is 1. The Morgan fingerprint density at radius 1 is 1.37 bits per heavy atom. The Labute approximate surface area is 116 Å². The Kier molecular flexibility index (Phi) is 6.03. The van der Waals surface area contributed by atoms with Crippen LogP contribution < -0.4 is 5.32 Å². The third-order valence-electron chi connectivity index (χ3n) is 3.19. The molecule has 1 aromatic heterocycles. The van der Waals surface area contributed by atoms with E-state index in [9.17, 15) is 8.42 Å². The lowest BCUT2D eigenvalue weighted by Crippen LogP contribution is -2.27. The minimum Gasteiger partial charge on any atom is -0.349 e. The molecule has 0 aromatic carbocycles. The predicted molar refractivity (Wildman–Crippen MR) is 77.6 cm³/mol. The van der Waals surface area contributed by atoms with Gasteiger partial charge in [-0.2, -0.15) is 0 Å². The lowest BCUT2D eigenvalue weighted by molar-refractivity contribution is 0.459. The van der Waals surface area contributed by atoms with Crippen molar-refractivity contribution in [3.8, 4) is 0 Å². The smallest absolute Gasteiger partial charge is 0.244 e. The van der Waals surface area contributed by atoms with E-state index < -0.39 is 10.0 Å². The summed E-state index contributed by atoms with van der Waals surface area (Å²) in [7, 11) is 0.144. The summed E-state index contributed by atoms with van der Waals surface area (Å²) in [6.45, 7) is 6.07. The summed E-state index contributed by atoms with van der Waals surface area (Å²) in [4.78, 5) is 0.387. The quantitative estimate of drug-likeness (QED) is 0.791. The van der Waals surface area contributed by atoms with Crippen molar-refractivity contribution in [1.29, 1.82) is 0 Å². The number of sulfonamides is 1. The predicted octanol–water partition coefficient (Wildman–Crippen LogP) is 1.65. The molecule has 5 nitrogen and oxygen atoms in total. The number of aromatic nitrogens is 1. The highest BCUT2D eigenvalue weighted by atomic mass is 32.2. The van der Waals surface area contributed by atoms with Crippen LogP contribution in [-0.2, 0) is 23.1 Å². The number of hydrogen-bond donors (Lipinski definition) is 1. The zero-order valence-electron chi connectivity index (χ0n) is 12.3. The van der Waals surface area contributed by atoms with Gasteiger partial charge in [-0.3, -0.25) is 0 Å². The monoisotopic (exact) mass is 287 g/mol. The van der Waals surface area contributed by atoms with Gasteiger partial charge >= 0.3 is 0 Å². The van der Waals surface area contributed by atoms with E-state index in [1.54, 1.807) is 19.3 Å². The van der Waals surface area contributed by atoms with Crippen molar-refractivity contribution in [1.82, 2.24) is 14.2 Å². The zero-order chi connectivity index (χ0) is 14.5. The van der Waals surface area contributed by atoms with Gasteiger partial charge < -0.3 is 9.88 Å². The van der Waals surface area contributed by atoms with E-state index in [4.69, 9.17) is 0 Å². The third kappa shape index (κ3) is 3.81. The van der Waals surface area contributed by atoms with Gasteiger partial charge in [-0.25, -0.2) is 12.7 Å². The molecule has 1 aromatic rings. The maximum atomic E-state index is 12.4. The normalized spacial score (nSPS) is 12.3. The van der Waals surface area contributed by atoms with Crippen LogP contribution in [0.4, 0.5) is 0 Å². The maximum Gasteiger partial charge on any atom is 0.244 e. The first-order valence-corrected chi connectivity index (χ1v) is 8.21. The standard InChI is InChI=1S/C13H25N3O2S/c1-5-7-8-15(4)19(17,18)13-9-12(10-14-3)16(6-2)11-13/h9,11,14H,5-8,10H2,1-4H3. The lowest BCUT2D eigenvalue weighted by Gasteiger charge is -2.15. The molecule has 110 valence electrons. The van der Waals surface area contributed by atoms with Crippen LogP contribution in [0, 0.1) is 0 Å². The molecular weight excluding hydrogens is 262 g/mol. The van der Waals surface area contributed by atoms with Gasteiger partial charge in [0.1, 0.15) is 4.90 Å². The SMILES string of the molecule is CCCCN(C)S(=O)(=O)c1cc(CNC)n(CC)c1. The van der Waals surface area contributed by atoms with E-state index in [0.29, 0.717) is 18.0 Å². The molecule has 1 rings (SSSR count). The first-order valence-electron chi connectivity index (χ1n) is 6.77. The summed E-state index contributed by atoms with van der Waals surface area (Å²) >= 11 is 0. The van der Waals surface area contributed by atoms with Gasteiger partial charge in [0.25, 0.3) is 0 Å². The molecule has 0 saturated heterocycles. The number of unbranched alkanes of at least 4 members (excludes halogenated alkanes) is 1. The molecule has 19 heavy (non-hydrogen) atoms. The summed E-state index contributed by atoms with van der Waals surface area (Å²) < 4.78 is 28.2. The van der Waals surface area contributed by atoms with Gasteiger partial charge in [-0.1, -0.05) is 13.3 Å². The largest absolute Gasteiger partial charge is 0.349 e. The average molecular weight is 287 g/mol. The molecule has 0 amide bonds. The van der Waals surface area contributed by atoms with E-state index in [1.807, 2.05) is 18.5 Å². The van der Waals surface area contributed by atoms with Crippen LogP contribution in [0.1, 0.15) is 32.4 Å². The van der Waals surface area contributed by atoms with E-state index in [2.05, 4.69) is 12.2 Å². The highest BCUT2D eigenvalue weighted by Crippen LogP contribution is 2.18. The Hall–Kier alpha value is -0.850. The fraction of sp³-hybridized carbons (Fsp3) is 0.692. The second-order valence-corrected chi connectivity index (χ2v) is 6.71. The van der Waals surface area contributed by atoms with Crippen LogP contribution in [0.2, 0.25) is 0 Å². The van der Waals surface area contributed by atoms with Gasteiger partial charge in [-0.05, 0) is 26.5 Å². The molecule has 0 fully saturated rings. The Bertz CT molecular complexity index is 494.